The van der Waals surface area contributed by atoms with Crippen LogP contribution in [0, 0.1) is 5.92 Å². The lowest BCUT2D eigenvalue weighted by Crippen LogP contribution is -2.22. The van der Waals surface area contributed by atoms with E-state index in [1.165, 1.54) is 11.3 Å². The Kier molecular flexibility index (Phi) is 4.54. The minimum Gasteiger partial charge on any atom is -0.316 e. The Labute approximate surface area is 94.9 Å². The summed E-state index contributed by atoms with van der Waals surface area (Å²) in [6, 6.07) is 0.453. The maximum atomic E-state index is 11.3. The van der Waals surface area contributed by atoms with Crippen LogP contribution in [0.3, 0.4) is 0 Å². The fourth-order valence-electron chi connectivity index (χ4n) is 1.40. The minimum absolute atomic E-state index is 0.0613. The maximum absolute atomic E-state index is 11.3. The van der Waals surface area contributed by atoms with Crippen LogP contribution in [0.5, 0.6) is 0 Å². The van der Waals surface area contributed by atoms with E-state index in [1.54, 1.807) is 0 Å². The van der Waals surface area contributed by atoms with Crippen LogP contribution >= 0.6 is 11.3 Å². The molecular formula is C11H20N2OS. The Hall–Kier alpha value is -0.610. The molecule has 0 atom stereocenters. The van der Waals surface area contributed by atoms with Gasteiger partial charge in [0.2, 0.25) is 0 Å². The number of rotatable bonds is 5. The molecule has 0 aliphatic heterocycles. The molecule has 0 aliphatic carbocycles. The van der Waals surface area contributed by atoms with E-state index < -0.39 is 0 Å². The van der Waals surface area contributed by atoms with Gasteiger partial charge in [-0.3, -0.25) is 4.79 Å². The van der Waals surface area contributed by atoms with Crippen molar-refractivity contribution in [2.45, 2.75) is 46.7 Å². The van der Waals surface area contributed by atoms with Gasteiger partial charge in [0.05, 0.1) is 0 Å². The first-order valence-electron chi connectivity index (χ1n) is 5.43. The van der Waals surface area contributed by atoms with Gasteiger partial charge in [0.1, 0.15) is 0 Å². The van der Waals surface area contributed by atoms with E-state index in [9.17, 15) is 4.79 Å². The standard InChI is InChI=1S/C11H20N2OS/c1-7(2)5-9-10(6-12-8(3)4)15-11(14)13-9/h7-8,12H,5-6H2,1-4H3,(H,13,14). The van der Waals surface area contributed by atoms with Crippen molar-refractivity contribution in [2.75, 3.05) is 0 Å². The normalized spacial score (nSPS) is 11.6. The zero-order chi connectivity index (χ0) is 11.4. The number of H-pyrrole nitrogens is 1. The molecule has 15 heavy (non-hydrogen) atoms. The molecule has 0 unspecified atom stereocenters. The lowest BCUT2D eigenvalue weighted by atomic mass is 10.1. The van der Waals surface area contributed by atoms with Crippen LogP contribution < -0.4 is 10.2 Å². The van der Waals surface area contributed by atoms with Gasteiger partial charge >= 0.3 is 4.87 Å². The summed E-state index contributed by atoms with van der Waals surface area (Å²) in [4.78, 5) is 15.4. The average molecular weight is 228 g/mol. The van der Waals surface area contributed by atoms with Gasteiger partial charge < -0.3 is 10.3 Å². The van der Waals surface area contributed by atoms with Crippen molar-refractivity contribution in [3.63, 3.8) is 0 Å². The van der Waals surface area contributed by atoms with Crippen LogP contribution in [0.2, 0.25) is 0 Å². The van der Waals surface area contributed by atoms with Crippen LogP contribution in [-0.4, -0.2) is 11.0 Å². The Balaban J connectivity index is 2.72. The van der Waals surface area contributed by atoms with Gasteiger partial charge in [0.15, 0.2) is 0 Å². The highest BCUT2D eigenvalue weighted by molar-refractivity contribution is 7.09. The fourth-order valence-corrected chi connectivity index (χ4v) is 2.22. The first-order chi connectivity index (χ1) is 6.99. The lowest BCUT2D eigenvalue weighted by Gasteiger charge is -2.09. The summed E-state index contributed by atoms with van der Waals surface area (Å²) in [6.45, 7) is 9.34. The molecule has 0 radical (unpaired) electrons. The van der Waals surface area contributed by atoms with Crippen LogP contribution in [0.15, 0.2) is 4.79 Å². The van der Waals surface area contributed by atoms with Gasteiger partial charge in [-0.2, -0.15) is 0 Å². The molecule has 4 heteroatoms. The van der Waals surface area contributed by atoms with Gasteiger partial charge in [-0.1, -0.05) is 39.0 Å². The van der Waals surface area contributed by atoms with Gasteiger partial charge in [0.25, 0.3) is 0 Å². The van der Waals surface area contributed by atoms with E-state index >= 15 is 0 Å². The fraction of sp³-hybridized carbons (Fsp3) is 0.727. The summed E-state index contributed by atoms with van der Waals surface area (Å²) < 4.78 is 0. The first-order valence-corrected chi connectivity index (χ1v) is 6.25. The van der Waals surface area contributed by atoms with Crippen LogP contribution in [0.1, 0.15) is 38.3 Å². The highest BCUT2D eigenvalue weighted by atomic mass is 32.1. The van der Waals surface area contributed by atoms with Crippen molar-refractivity contribution < 1.29 is 0 Å². The molecule has 86 valence electrons. The van der Waals surface area contributed by atoms with Crippen molar-refractivity contribution in [3.05, 3.63) is 20.2 Å². The molecule has 2 N–H and O–H groups in total. The third-order valence-corrected chi connectivity index (χ3v) is 3.01. The zero-order valence-electron chi connectivity index (χ0n) is 9.89. The third-order valence-electron chi connectivity index (χ3n) is 2.09. The molecule has 0 aliphatic rings. The van der Waals surface area contributed by atoms with Crippen LogP contribution in [0.25, 0.3) is 0 Å². The van der Waals surface area contributed by atoms with E-state index in [0.29, 0.717) is 12.0 Å². The first kappa shape index (κ1) is 12.5. The predicted molar refractivity (Wildman–Crippen MR) is 65.5 cm³/mol. The summed E-state index contributed by atoms with van der Waals surface area (Å²) in [5, 5.41) is 3.34. The van der Waals surface area contributed by atoms with E-state index in [0.717, 1.165) is 23.5 Å². The summed E-state index contributed by atoms with van der Waals surface area (Å²) in [5.41, 5.74) is 1.10. The largest absolute Gasteiger partial charge is 0.316 e. The van der Waals surface area contributed by atoms with E-state index in [2.05, 4.69) is 38.0 Å². The quantitative estimate of drug-likeness (QED) is 0.811. The number of hydrogen-bond acceptors (Lipinski definition) is 3. The molecule has 0 aromatic carbocycles. The molecule has 0 bridgehead atoms. The molecule has 1 heterocycles. The molecule has 1 aromatic heterocycles. The highest BCUT2D eigenvalue weighted by Gasteiger charge is 2.09. The number of aromatic nitrogens is 1. The summed E-state index contributed by atoms with van der Waals surface area (Å²) in [5.74, 6) is 0.577. The smallest absolute Gasteiger partial charge is 0.304 e. The molecule has 1 aromatic rings. The number of aromatic amines is 1. The van der Waals surface area contributed by atoms with E-state index in [1.807, 2.05) is 0 Å². The molecule has 0 saturated carbocycles. The summed E-state index contributed by atoms with van der Waals surface area (Å²) in [6.07, 6.45) is 0.952. The van der Waals surface area contributed by atoms with Crippen LogP contribution in [0.4, 0.5) is 0 Å². The Bertz CT molecular complexity index is 352. The van der Waals surface area contributed by atoms with E-state index in [-0.39, 0.29) is 4.87 Å². The summed E-state index contributed by atoms with van der Waals surface area (Å²) in [7, 11) is 0. The minimum atomic E-state index is 0.0613. The van der Waals surface area contributed by atoms with Gasteiger partial charge in [-0.25, -0.2) is 0 Å². The second-order valence-electron chi connectivity index (χ2n) is 4.55. The third kappa shape index (κ3) is 4.18. The second kappa shape index (κ2) is 5.47. The molecule has 1 rings (SSSR count). The summed E-state index contributed by atoms with van der Waals surface area (Å²) >= 11 is 1.32. The van der Waals surface area contributed by atoms with Crippen LogP contribution in [-0.2, 0) is 13.0 Å². The topological polar surface area (TPSA) is 44.9 Å². The molecule has 0 spiro atoms. The Morgan fingerprint density at radius 2 is 2.00 bits per heavy atom. The van der Waals surface area contributed by atoms with Gasteiger partial charge in [0, 0.05) is 23.2 Å². The second-order valence-corrected chi connectivity index (χ2v) is 5.62. The zero-order valence-corrected chi connectivity index (χ0v) is 10.7. The Morgan fingerprint density at radius 1 is 1.33 bits per heavy atom. The van der Waals surface area contributed by atoms with Gasteiger partial charge in [-0.15, -0.1) is 0 Å². The monoisotopic (exact) mass is 228 g/mol. The number of nitrogens with one attached hydrogen (secondary N) is 2. The van der Waals surface area contributed by atoms with E-state index in [4.69, 9.17) is 0 Å². The molecule has 0 amide bonds. The van der Waals surface area contributed by atoms with Crippen molar-refractivity contribution in [2.24, 2.45) is 5.92 Å². The Morgan fingerprint density at radius 3 is 2.53 bits per heavy atom. The predicted octanol–water partition coefficient (Wildman–Crippen LogP) is 2.13. The molecule has 0 fully saturated rings. The number of thiazole rings is 1. The lowest BCUT2D eigenvalue weighted by molar-refractivity contribution is 0.581. The molecular weight excluding hydrogens is 208 g/mol. The number of hydrogen-bond donors (Lipinski definition) is 2. The van der Waals surface area contributed by atoms with Crippen molar-refractivity contribution in [1.29, 1.82) is 0 Å². The SMILES string of the molecule is CC(C)Cc1[nH]c(=O)sc1CNC(C)C. The molecule has 3 nitrogen and oxygen atoms in total. The average Bonchev–Trinajstić information content (AvgIpc) is 2.41. The van der Waals surface area contributed by atoms with Gasteiger partial charge in [-0.05, 0) is 12.3 Å². The highest BCUT2D eigenvalue weighted by Crippen LogP contribution is 2.13. The maximum Gasteiger partial charge on any atom is 0.304 e. The molecule has 0 saturated heterocycles. The van der Waals surface area contributed by atoms with Crippen molar-refractivity contribution in [3.8, 4) is 0 Å². The van der Waals surface area contributed by atoms with Crippen molar-refractivity contribution in [1.82, 2.24) is 10.3 Å². The van der Waals surface area contributed by atoms with Crippen molar-refractivity contribution >= 4 is 11.3 Å².